The molecule has 2 aromatic heterocycles. The number of anilines is 1. The number of methoxy groups -OCH3 is 2. The molecule has 12 heteroatoms. The van der Waals surface area contributed by atoms with E-state index in [9.17, 15) is 15.0 Å². The second-order valence-corrected chi connectivity index (χ2v) is 11.4. The highest BCUT2D eigenvalue weighted by Crippen LogP contribution is 2.52. The second kappa shape index (κ2) is 12.1. The van der Waals surface area contributed by atoms with Crippen LogP contribution < -0.4 is 14.8 Å². The summed E-state index contributed by atoms with van der Waals surface area (Å²) >= 11 is 13.4. The van der Waals surface area contributed by atoms with Crippen molar-refractivity contribution in [3.8, 4) is 22.8 Å². The van der Waals surface area contributed by atoms with Gasteiger partial charge in [-0.1, -0.05) is 29.8 Å². The van der Waals surface area contributed by atoms with Gasteiger partial charge in [0.25, 0.3) is 0 Å². The van der Waals surface area contributed by atoms with Crippen molar-refractivity contribution in [2.75, 3.05) is 46.0 Å². The lowest BCUT2D eigenvalue weighted by atomic mass is 9.61. The lowest BCUT2D eigenvalue weighted by Gasteiger charge is -2.45. The van der Waals surface area contributed by atoms with E-state index in [0.29, 0.717) is 77.8 Å². The summed E-state index contributed by atoms with van der Waals surface area (Å²) in [4.78, 5) is 26.4. The van der Waals surface area contributed by atoms with Crippen LogP contribution in [0.5, 0.6) is 11.5 Å². The zero-order valence-electron chi connectivity index (χ0n) is 22.8. The first-order chi connectivity index (χ1) is 19.8. The molecule has 218 valence electrons. The number of nitrogens with one attached hydrogen (secondary N) is 1. The number of aliphatic hydroxyl groups is 2. The van der Waals surface area contributed by atoms with Gasteiger partial charge in [0.15, 0.2) is 5.78 Å². The Kier molecular flexibility index (Phi) is 8.68. The number of nitrogens with zero attached hydrogens (tertiary/aromatic N) is 3. The number of benzene rings is 1. The maximum Gasteiger partial charge on any atom is 0.223 e. The highest BCUT2D eigenvalue weighted by atomic mass is 35.5. The number of halogens is 2. The molecule has 3 heterocycles. The van der Waals surface area contributed by atoms with Gasteiger partial charge in [-0.25, -0.2) is 9.97 Å². The van der Waals surface area contributed by atoms with E-state index in [2.05, 4.69) is 16.9 Å². The Morgan fingerprint density at radius 3 is 2.44 bits per heavy atom. The van der Waals surface area contributed by atoms with E-state index in [-0.39, 0.29) is 46.9 Å². The van der Waals surface area contributed by atoms with Gasteiger partial charge in [-0.05, 0) is 25.0 Å². The standard InChI is InChI=1S/C29H32Cl2N4O6/c1-4-18(38)5-16-11-41-12-20(16)34-28-32-10-15-6-19(23-24(30)21(39-2)7-22(40-3)25(23)31)33-27(26(15)35-28)17-8-29(9-17,13-36)14-37/h4,6-7,10,16-17,20,36-37H,1,5,8-9,11-14H2,2-3H3,(H,32,34,35)/t16-,20+/m0/s1. The van der Waals surface area contributed by atoms with Gasteiger partial charge in [0.1, 0.15) is 11.5 Å². The normalized spacial score (nSPS) is 20.0. The Hall–Kier alpha value is -3.02. The molecule has 1 aliphatic heterocycles. The number of pyridine rings is 1. The van der Waals surface area contributed by atoms with E-state index < -0.39 is 5.41 Å². The summed E-state index contributed by atoms with van der Waals surface area (Å²) in [5.41, 5.74) is 1.66. The zero-order chi connectivity index (χ0) is 29.3. The lowest BCUT2D eigenvalue weighted by molar-refractivity contribution is -0.115. The van der Waals surface area contributed by atoms with Crippen LogP contribution in [0.15, 0.2) is 31.0 Å². The average Bonchev–Trinajstić information content (AvgIpc) is 3.39. The Morgan fingerprint density at radius 2 is 1.83 bits per heavy atom. The molecule has 0 amide bonds. The maximum atomic E-state index is 12.0. The molecule has 3 aromatic rings. The lowest BCUT2D eigenvalue weighted by Crippen LogP contribution is -2.42. The predicted molar refractivity (Wildman–Crippen MR) is 156 cm³/mol. The van der Waals surface area contributed by atoms with Crippen LogP contribution in [0.4, 0.5) is 5.95 Å². The van der Waals surface area contributed by atoms with Gasteiger partial charge in [-0.15, -0.1) is 0 Å². The third-order valence-electron chi connectivity index (χ3n) is 8.04. The molecule has 1 saturated carbocycles. The first-order valence-corrected chi connectivity index (χ1v) is 14.0. The number of ketones is 1. The largest absolute Gasteiger partial charge is 0.495 e. The molecule has 0 radical (unpaired) electrons. The summed E-state index contributed by atoms with van der Waals surface area (Å²) in [7, 11) is 3.01. The third kappa shape index (κ3) is 5.59. The fraction of sp³-hybridized carbons (Fsp3) is 0.448. The quantitative estimate of drug-likeness (QED) is 0.270. The third-order valence-corrected chi connectivity index (χ3v) is 8.79. The van der Waals surface area contributed by atoms with Crippen LogP contribution in [-0.2, 0) is 9.53 Å². The minimum atomic E-state index is -0.580. The number of hydrogen-bond acceptors (Lipinski definition) is 10. The van der Waals surface area contributed by atoms with Crippen LogP contribution in [0.3, 0.4) is 0 Å². The Balaban J connectivity index is 1.59. The summed E-state index contributed by atoms with van der Waals surface area (Å²) in [6.45, 7) is 4.19. The highest BCUT2D eigenvalue weighted by molar-refractivity contribution is 6.41. The Labute approximate surface area is 247 Å². The topological polar surface area (TPSA) is 136 Å². The summed E-state index contributed by atoms with van der Waals surface area (Å²) in [5.74, 6) is 0.987. The zero-order valence-corrected chi connectivity index (χ0v) is 24.3. The van der Waals surface area contributed by atoms with Gasteiger partial charge in [-0.3, -0.25) is 9.78 Å². The van der Waals surface area contributed by atoms with Crippen LogP contribution in [0.25, 0.3) is 22.2 Å². The van der Waals surface area contributed by atoms with Crippen LogP contribution in [0.1, 0.15) is 30.9 Å². The second-order valence-electron chi connectivity index (χ2n) is 10.7. The van der Waals surface area contributed by atoms with Crippen molar-refractivity contribution in [3.63, 3.8) is 0 Å². The first-order valence-electron chi connectivity index (χ1n) is 13.3. The van der Waals surface area contributed by atoms with Crippen molar-refractivity contribution in [3.05, 3.63) is 46.7 Å². The number of ether oxygens (including phenoxy) is 3. The van der Waals surface area contributed by atoms with Crippen LogP contribution in [0, 0.1) is 11.3 Å². The first kappa shape index (κ1) is 29.5. The fourth-order valence-electron chi connectivity index (χ4n) is 5.61. The van der Waals surface area contributed by atoms with Crippen molar-refractivity contribution >= 4 is 45.8 Å². The van der Waals surface area contributed by atoms with Crippen molar-refractivity contribution in [2.24, 2.45) is 11.3 Å². The molecular formula is C29H32Cl2N4O6. The number of allylic oxidation sites excluding steroid dienone is 1. The molecule has 41 heavy (non-hydrogen) atoms. The molecule has 0 bridgehead atoms. The number of fused-ring (bicyclic) bond motifs is 1. The van der Waals surface area contributed by atoms with Crippen molar-refractivity contribution in [1.29, 1.82) is 0 Å². The molecule has 2 aliphatic rings. The van der Waals surface area contributed by atoms with E-state index in [1.165, 1.54) is 20.3 Å². The van der Waals surface area contributed by atoms with Crippen molar-refractivity contribution in [1.82, 2.24) is 15.0 Å². The smallest absolute Gasteiger partial charge is 0.223 e. The van der Waals surface area contributed by atoms with Crippen molar-refractivity contribution < 1.29 is 29.2 Å². The van der Waals surface area contributed by atoms with Gasteiger partial charge in [0.05, 0.1) is 73.6 Å². The number of carbonyl (C=O) groups is 1. The fourth-order valence-corrected chi connectivity index (χ4v) is 6.31. The van der Waals surface area contributed by atoms with E-state index in [1.807, 2.05) is 6.07 Å². The number of aromatic nitrogens is 3. The molecule has 1 aromatic carbocycles. The number of rotatable bonds is 11. The summed E-state index contributed by atoms with van der Waals surface area (Å²) in [6.07, 6.45) is 4.41. The van der Waals surface area contributed by atoms with E-state index in [1.54, 1.807) is 12.3 Å². The molecule has 1 aliphatic carbocycles. The van der Waals surface area contributed by atoms with Gasteiger partial charge in [0.2, 0.25) is 5.95 Å². The van der Waals surface area contributed by atoms with E-state index in [4.69, 9.17) is 47.4 Å². The number of carbonyl (C=O) groups excluding carboxylic acids is 1. The molecule has 0 unspecified atom stereocenters. The van der Waals surface area contributed by atoms with Gasteiger partial charge in [0, 0.05) is 46.9 Å². The van der Waals surface area contributed by atoms with Crippen LogP contribution >= 0.6 is 23.2 Å². The molecule has 5 rings (SSSR count). The Morgan fingerprint density at radius 1 is 1.15 bits per heavy atom. The molecule has 2 fully saturated rings. The molecular weight excluding hydrogens is 571 g/mol. The molecule has 2 atom stereocenters. The van der Waals surface area contributed by atoms with Gasteiger partial charge < -0.3 is 29.7 Å². The monoisotopic (exact) mass is 602 g/mol. The number of hydrogen-bond donors (Lipinski definition) is 3. The van der Waals surface area contributed by atoms with Crippen LogP contribution in [-0.4, -0.2) is 77.6 Å². The predicted octanol–water partition coefficient (Wildman–Crippen LogP) is 4.44. The average molecular weight is 604 g/mol. The SMILES string of the molecule is C=CC(=O)C[C@H]1COC[C@H]1Nc1ncc2cc(-c3c(Cl)c(OC)cc(OC)c3Cl)nc(C3CC(CO)(CO)C3)c2n1. The minimum Gasteiger partial charge on any atom is -0.495 e. The molecule has 10 nitrogen and oxygen atoms in total. The molecule has 0 spiro atoms. The molecule has 3 N–H and O–H groups in total. The van der Waals surface area contributed by atoms with E-state index in [0.717, 1.165) is 0 Å². The van der Waals surface area contributed by atoms with E-state index >= 15 is 0 Å². The number of aliphatic hydroxyl groups excluding tert-OH is 2. The summed E-state index contributed by atoms with van der Waals surface area (Å²) < 4.78 is 16.5. The van der Waals surface area contributed by atoms with Gasteiger partial charge >= 0.3 is 0 Å². The van der Waals surface area contributed by atoms with Crippen LogP contribution in [0.2, 0.25) is 10.0 Å². The summed E-state index contributed by atoms with van der Waals surface area (Å²) in [5, 5.41) is 24.4. The van der Waals surface area contributed by atoms with Gasteiger partial charge in [-0.2, -0.15) is 0 Å². The summed E-state index contributed by atoms with van der Waals surface area (Å²) in [6, 6.07) is 3.28. The highest BCUT2D eigenvalue weighted by Gasteiger charge is 2.45. The maximum absolute atomic E-state index is 12.0. The van der Waals surface area contributed by atoms with Crippen molar-refractivity contribution in [2.45, 2.75) is 31.2 Å². The minimum absolute atomic E-state index is 0.0338. The Bertz CT molecular complexity index is 1450. The molecule has 1 saturated heterocycles.